The van der Waals surface area contributed by atoms with E-state index in [1.807, 2.05) is 6.92 Å². The molecule has 156 valence electrons. The minimum Gasteiger partial charge on any atom is -0.495 e. The molecule has 1 aliphatic rings. The zero-order chi connectivity index (χ0) is 21.2. The van der Waals surface area contributed by atoms with Gasteiger partial charge in [-0.15, -0.1) is 0 Å². The zero-order valence-electron chi connectivity index (χ0n) is 16.1. The molecule has 1 N–H and O–H groups in total. The second kappa shape index (κ2) is 8.69. The molecule has 3 rings (SSSR count). The fraction of sp³-hybridized carbons (Fsp3) is 0.350. The molecule has 29 heavy (non-hydrogen) atoms. The Bertz CT molecular complexity index is 1030. The summed E-state index contributed by atoms with van der Waals surface area (Å²) in [6.07, 6.45) is 1.08. The number of carbonyl (C=O) groups is 1. The quantitative estimate of drug-likeness (QED) is 0.766. The van der Waals surface area contributed by atoms with Gasteiger partial charge >= 0.3 is 0 Å². The van der Waals surface area contributed by atoms with Gasteiger partial charge in [0.05, 0.1) is 13.0 Å². The topological polar surface area (TPSA) is 75.7 Å². The number of anilines is 1. The van der Waals surface area contributed by atoms with Crippen LogP contribution in [-0.2, 0) is 14.8 Å². The van der Waals surface area contributed by atoms with Gasteiger partial charge in [-0.1, -0.05) is 11.6 Å². The monoisotopic (exact) mass is 440 g/mol. The van der Waals surface area contributed by atoms with Crippen molar-refractivity contribution in [1.29, 1.82) is 0 Å². The number of halogens is 2. The van der Waals surface area contributed by atoms with Crippen molar-refractivity contribution in [1.82, 2.24) is 4.31 Å². The predicted octanol–water partition coefficient (Wildman–Crippen LogP) is 3.84. The van der Waals surface area contributed by atoms with Crippen molar-refractivity contribution in [2.24, 2.45) is 5.92 Å². The van der Waals surface area contributed by atoms with E-state index in [0.717, 1.165) is 17.7 Å². The number of sulfonamides is 1. The number of benzene rings is 2. The lowest BCUT2D eigenvalue weighted by atomic mass is 9.98. The molecule has 0 aromatic heterocycles. The van der Waals surface area contributed by atoms with Crippen LogP contribution in [0.25, 0.3) is 0 Å². The highest BCUT2D eigenvalue weighted by Gasteiger charge is 2.35. The Hall–Kier alpha value is -2.16. The Morgan fingerprint density at radius 2 is 2.03 bits per heavy atom. The average Bonchev–Trinajstić information content (AvgIpc) is 2.70. The third-order valence-corrected chi connectivity index (χ3v) is 7.07. The van der Waals surface area contributed by atoms with E-state index in [1.165, 1.54) is 17.5 Å². The fourth-order valence-corrected chi connectivity index (χ4v) is 5.29. The molecule has 9 heteroatoms. The number of ether oxygens (including phenoxy) is 1. The van der Waals surface area contributed by atoms with Crippen LogP contribution in [-0.4, -0.2) is 38.8 Å². The van der Waals surface area contributed by atoms with Gasteiger partial charge in [0.15, 0.2) is 0 Å². The molecular formula is C20H22ClFN2O4S. The molecule has 0 spiro atoms. The summed E-state index contributed by atoms with van der Waals surface area (Å²) in [6.45, 7) is 2.10. The van der Waals surface area contributed by atoms with E-state index in [0.29, 0.717) is 23.6 Å². The molecule has 1 saturated heterocycles. The highest BCUT2D eigenvalue weighted by Crippen LogP contribution is 2.31. The zero-order valence-corrected chi connectivity index (χ0v) is 17.7. The summed E-state index contributed by atoms with van der Waals surface area (Å²) >= 11 is 5.94. The number of piperidine rings is 1. The Morgan fingerprint density at radius 1 is 1.28 bits per heavy atom. The van der Waals surface area contributed by atoms with Gasteiger partial charge in [-0.25, -0.2) is 12.8 Å². The summed E-state index contributed by atoms with van der Waals surface area (Å²) in [5.74, 6) is -1.39. The number of nitrogens with one attached hydrogen (secondary N) is 1. The average molecular weight is 441 g/mol. The van der Waals surface area contributed by atoms with Crippen molar-refractivity contribution in [3.05, 3.63) is 52.8 Å². The van der Waals surface area contributed by atoms with Crippen LogP contribution in [0.1, 0.15) is 18.4 Å². The second-order valence-corrected chi connectivity index (χ2v) is 9.29. The number of hydrogen-bond acceptors (Lipinski definition) is 4. The number of rotatable bonds is 5. The van der Waals surface area contributed by atoms with E-state index in [1.54, 1.807) is 18.2 Å². The van der Waals surface area contributed by atoms with E-state index in [2.05, 4.69) is 5.32 Å². The van der Waals surface area contributed by atoms with Gasteiger partial charge in [-0.05, 0) is 61.7 Å². The SMILES string of the molecule is COc1ccc(F)cc1S(=O)(=O)N1CCC[C@@H](C(=O)Nc2ccc(Cl)cc2C)C1. The van der Waals surface area contributed by atoms with Gasteiger partial charge in [-0.3, -0.25) is 4.79 Å². The summed E-state index contributed by atoms with van der Waals surface area (Å²) in [5.41, 5.74) is 1.45. The van der Waals surface area contributed by atoms with Crippen LogP contribution in [0.4, 0.5) is 10.1 Å². The van der Waals surface area contributed by atoms with Gasteiger partial charge in [0.1, 0.15) is 16.5 Å². The molecule has 0 saturated carbocycles. The van der Waals surface area contributed by atoms with Crippen molar-refractivity contribution in [2.75, 3.05) is 25.5 Å². The first kappa shape index (κ1) is 21.5. The molecule has 0 aliphatic carbocycles. The first-order valence-electron chi connectivity index (χ1n) is 9.13. The van der Waals surface area contributed by atoms with Crippen molar-refractivity contribution in [3.63, 3.8) is 0 Å². The smallest absolute Gasteiger partial charge is 0.246 e. The van der Waals surface area contributed by atoms with Crippen LogP contribution < -0.4 is 10.1 Å². The molecule has 1 atom stereocenters. The van der Waals surface area contributed by atoms with Crippen molar-refractivity contribution < 1.29 is 22.3 Å². The minimum absolute atomic E-state index is 0.0144. The molecule has 1 aliphatic heterocycles. The Labute approximate surface area is 174 Å². The first-order valence-corrected chi connectivity index (χ1v) is 10.9. The van der Waals surface area contributed by atoms with E-state index < -0.39 is 21.8 Å². The summed E-state index contributed by atoms with van der Waals surface area (Å²) in [5, 5.41) is 3.42. The normalized spacial score (nSPS) is 17.7. The molecule has 6 nitrogen and oxygen atoms in total. The summed E-state index contributed by atoms with van der Waals surface area (Å²) in [6, 6.07) is 8.49. The van der Waals surface area contributed by atoms with E-state index >= 15 is 0 Å². The molecule has 2 aromatic carbocycles. The maximum absolute atomic E-state index is 13.7. The van der Waals surface area contributed by atoms with Crippen LogP contribution in [0.2, 0.25) is 5.02 Å². The fourth-order valence-electron chi connectivity index (χ4n) is 3.37. The number of methoxy groups -OCH3 is 1. The third-order valence-electron chi connectivity index (χ3n) is 4.94. The molecule has 1 heterocycles. The third kappa shape index (κ3) is 4.71. The van der Waals surface area contributed by atoms with E-state index in [9.17, 15) is 17.6 Å². The van der Waals surface area contributed by atoms with Crippen LogP contribution >= 0.6 is 11.6 Å². The van der Waals surface area contributed by atoms with Crippen LogP contribution in [0.3, 0.4) is 0 Å². The number of aryl methyl sites for hydroxylation is 1. The lowest BCUT2D eigenvalue weighted by Crippen LogP contribution is -2.43. The maximum atomic E-state index is 13.7. The van der Waals surface area contributed by atoms with Gasteiger partial charge < -0.3 is 10.1 Å². The Morgan fingerprint density at radius 3 is 2.72 bits per heavy atom. The Kier molecular flexibility index (Phi) is 6.45. The summed E-state index contributed by atoms with van der Waals surface area (Å²) < 4.78 is 46.1. The minimum atomic E-state index is -4.01. The molecule has 0 bridgehead atoms. The predicted molar refractivity (Wildman–Crippen MR) is 109 cm³/mol. The van der Waals surface area contributed by atoms with Gasteiger partial charge in [-0.2, -0.15) is 4.31 Å². The van der Waals surface area contributed by atoms with E-state index in [-0.39, 0.29) is 29.6 Å². The Balaban J connectivity index is 1.79. The van der Waals surface area contributed by atoms with Crippen LogP contribution in [0.15, 0.2) is 41.3 Å². The molecule has 0 radical (unpaired) electrons. The molecule has 2 aromatic rings. The molecular weight excluding hydrogens is 419 g/mol. The number of amides is 1. The largest absolute Gasteiger partial charge is 0.495 e. The maximum Gasteiger partial charge on any atom is 0.246 e. The number of hydrogen-bond donors (Lipinski definition) is 1. The molecule has 1 fully saturated rings. The first-order chi connectivity index (χ1) is 13.7. The highest BCUT2D eigenvalue weighted by molar-refractivity contribution is 7.89. The lowest BCUT2D eigenvalue weighted by molar-refractivity contribution is -0.120. The van der Waals surface area contributed by atoms with Crippen molar-refractivity contribution in [2.45, 2.75) is 24.7 Å². The van der Waals surface area contributed by atoms with Gasteiger partial charge in [0.25, 0.3) is 0 Å². The van der Waals surface area contributed by atoms with Gasteiger partial charge in [0.2, 0.25) is 15.9 Å². The van der Waals surface area contributed by atoms with Crippen LogP contribution in [0.5, 0.6) is 5.75 Å². The highest BCUT2D eigenvalue weighted by atomic mass is 35.5. The van der Waals surface area contributed by atoms with Crippen molar-refractivity contribution in [3.8, 4) is 5.75 Å². The molecule has 0 unspecified atom stereocenters. The molecule has 1 amide bonds. The standard InChI is InChI=1S/C20H22ClFN2O4S/c1-13-10-15(21)5-7-17(13)23-20(25)14-4-3-9-24(12-14)29(26,27)19-11-16(22)6-8-18(19)28-2/h5-8,10-11,14H,3-4,9,12H2,1-2H3,(H,23,25)/t14-/m1/s1. The second-order valence-electron chi connectivity index (χ2n) is 6.95. The lowest BCUT2D eigenvalue weighted by Gasteiger charge is -2.31. The summed E-state index contributed by atoms with van der Waals surface area (Å²) in [4.78, 5) is 12.5. The van der Waals surface area contributed by atoms with Crippen LogP contribution in [0, 0.1) is 18.7 Å². The van der Waals surface area contributed by atoms with Crippen molar-refractivity contribution >= 4 is 33.2 Å². The summed E-state index contributed by atoms with van der Waals surface area (Å²) in [7, 11) is -2.68. The number of carbonyl (C=O) groups excluding carboxylic acids is 1. The van der Waals surface area contributed by atoms with Gasteiger partial charge in [0, 0.05) is 23.8 Å². The number of nitrogens with zero attached hydrogens (tertiary/aromatic N) is 1. The van der Waals surface area contributed by atoms with E-state index in [4.69, 9.17) is 16.3 Å².